The number of carbonyl (C=O) groups excluding carboxylic acids is 1. The van der Waals surface area contributed by atoms with Gasteiger partial charge in [0.05, 0.1) is 6.10 Å². The monoisotopic (exact) mass is 459 g/mol. The molecule has 0 spiro atoms. The molecule has 1 aliphatic heterocycles. The average molecular weight is 460 g/mol. The molecule has 2 aliphatic rings. The normalized spacial score (nSPS) is 21.4. The fraction of sp³-hybridized carbons (Fsp3) is 0.480. The number of benzene rings is 2. The van der Waals surface area contributed by atoms with Crippen molar-refractivity contribution in [2.24, 2.45) is 5.73 Å². The number of hydrogen-bond acceptors (Lipinski definition) is 5. The Bertz CT molecular complexity index is 938. The lowest BCUT2D eigenvalue weighted by Gasteiger charge is -2.44. The van der Waals surface area contributed by atoms with Crippen LogP contribution in [0.4, 0.5) is 14.5 Å². The summed E-state index contributed by atoms with van der Waals surface area (Å²) in [6, 6.07) is 15.1. The summed E-state index contributed by atoms with van der Waals surface area (Å²) in [5.41, 5.74) is 7.04. The van der Waals surface area contributed by atoms with E-state index in [2.05, 4.69) is 10.2 Å². The average Bonchev–Trinajstić information content (AvgIpc) is 3.28. The third kappa shape index (κ3) is 6.13. The number of carbonyl (C=O) groups is 1. The largest absolute Gasteiger partial charge is 0.486 e. The molecule has 8 heteroatoms. The van der Waals surface area contributed by atoms with E-state index in [4.69, 9.17) is 15.2 Å². The Hall–Kier alpha value is -2.87. The van der Waals surface area contributed by atoms with Gasteiger partial charge in [0.15, 0.2) is 11.5 Å². The second-order valence-corrected chi connectivity index (χ2v) is 8.97. The number of ether oxygens (including phenoxy) is 2. The smallest absolute Gasteiger partial charge is 0.387 e. The number of nitrogens with two attached hydrogens (primary N) is 1. The molecule has 0 bridgehead atoms. The van der Waals surface area contributed by atoms with E-state index in [1.165, 1.54) is 0 Å². The minimum atomic E-state index is -2.92. The maximum Gasteiger partial charge on any atom is 0.387 e. The predicted octanol–water partition coefficient (Wildman–Crippen LogP) is 3.88. The Balaban J connectivity index is 1.59. The molecule has 1 atom stereocenters. The van der Waals surface area contributed by atoms with Crippen LogP contribution in [0.5, 0.6) is 11.5 Å². The summed E-state index contributed by atoms with van der Waals surface area (Å²) >= 11 is 0. The van der Waals surface area contributed by atoms with Gasteiger partial charge in [-0.05, 0) is 49.8 Å². The van der Waals surface area contributed by atoms with Crippen LogP contribution in [0, 0.1) is 0 Å². The van der Waals surface area contributed by atoms with Crippen molar-refractivity contribution in [1.29, 1.82) is 0 Å². The van der Waals surface area contributed by atoms with Gasteiger partial charge in [-0.15, -0.1) is 0 Å². The summed E-state index contributed by atoms with van der Waals surface area (Å²) < 4.78 is 36.7. The molecule has 1 amide bonds. The van der Waals surface area contributed by atoms with Gasteiger partial charge in [0, 0.05) is 43.3 Å². The van der Waals surface area contributed by atoms with Gasteiger partial charge in [-0.25, -0.2) is 0 Å². The fourth-order valence-corrected chi connectivity index (χ4v) is 4.96. The van der Waals surface area contributed by atoms with Gasteiger partial charge in [0.1, 0.15) is 0 Å². The Morgan fingerprint density at radius 3 is 2.61 bits per heavy atom. The molecule has 33 heavy (non-hydrogen) atoms. The number of nitrogens with zero attached hydrogens (tertiary/aromatic N) is 1. The van der Waals surface area contributed by atoms with E-state index < -0.39 is 12.2 Å². The molecule has 4 rings (SSSR count). The van der Waals surface area contributed by atoms with E-state index in [1.54, 1.807) is 18.2 Å². The number of amides is 1. The summed E-state index contributed by atoms with van der Waals surface area (Å²) in [6.07, 6.45) is 4.80. The number of alkyl halides is 2. The van der Waals surface area contributed by atoms with Crippen LogP contribution in [0.2, 0.25) is 0 Å². The third-order valence-electron chi connectivity index (χ3n) is 6.38. The van der Waals surface area contributed by atoms with Crippen molar-refractivity contribution in [3.8, 4) is 11.5 Å². The van der Waals surface area contributed by atoms with Crippen molar-refractivity contribution in [3.63, 3.8) is 0 Å². The van der Waals surface area contributed by atoms with E-state index in [1.807, 2.05) is 30.3 Å². The minimum absolute atomic E-state index is 0.00956. The zero-order valence-electron chi connectivity index (χ0n) is 18.6. The van der Waals surface area contributed by atoms with Gasteiger partial charge < -0.3 is 25.4 Å². The van der Waals surface area contributed by atoms with Crippen molar-refractivity contribution in [2.75, 3.05) is 24.5 Å². The molecule has 2 fully saturated rings. The van der Waals surface area contributed by atoms with E-state index >= 15 is 0 Å². The maximum atomic E-state index is 13.0. The number of rotatable bonds is 9. The molecule has 0 radical (unpaired) electrons. The molecular formula is C25H31F2N3O3. The highest BCUT2D eigenvalue weighted by atomic mass is 19.3. The lowest BCUT2D eigenvalue weighted by molar-refractivity contribution is -0.119. The fourth-order valence-electron chi connectivity index (χ4n) is 4.96. The van der Waals surface area contributed by atoms with Crippen LogP contribution in [0.15, 0.2) is 48.5 Å². The zero-order chi connectivity index (χ0) is 23.3. The lowest BCUT2D eigenvalue weighted by Crippen LogP contribution is -2.63. The standard InChI is InChI=1S/C25H31F2N3O3/c26-24(27)33-21-11-10-19(14-22(21)32-20-8-4-5-9-20)30-13-12-29-25(17-30,16-23(28)31)15-18-6-2-1-3-7-18/h1-3,6-7,10-11,14,20,24,29H,4-5,8-9,12-13,15-17H2,(H2,28,31). The molecule has 1 unspecified atom stereocenters. The van der Waals surface area contributed by atoms with Crippen LogP contribution in [-0.4, -0.2) is 43.8 Å². The highest BCUT2D eigenvalue weighted by molar-refractivity contribution is 5.75. The lowest BCUT2D eigenvalue weighted by atomic mass is 9.85. The van der Waals surface area contributed by atoms with Crippen LogP contribution in [0.25, 0.3) is 0 Å². The molecule has 2 aromatic rings. The zero-order valence-corrected chi connectivity index (χ0v) is 18.6. The van der Waals surface area contributed by atoms with Crippen molar-refractivity contribution >= 4 is 11.6 Å². The highest BCUT2D eigenvalue weighted by Crippen LogP contribution is 2.37. The van der Waals surface area contributed by atoms with Crippen molar-refractivity contribution in [2.45, 2.75) is 56.8 Å². The Labute approximate surface area is 193 Å². The molecule has 6 nitrogen and oxygen atoms in total. The van der Waals surface area contributed by atoms with Gasteiger partial charge in [0.25, 0.3) is 0 Å². The maximum absolute atomic E-state index is 13.0. The van der Waals surface area contributed by atoms with Crippen LogP contribution >= 0.6 is 0 Å². The van der Waals surface area contributed by atoms with Crippen molar-refractivity contribution < 1.29 is 23.0 Å². The number of primary amides is 1. The first-order valence-corrected chi connectivity index (χ1v) is 11.5. The Morgan fingerprint density at radius 1 is 1.15 bits per heavy atom. The second-order valence-electron chi connectivity index (χ2n) is 8.97. The molecule has 1 saturated heterocycles. The van der Waals surface area contributed by atoms with Crippen LogP contribution in [0.1, 0.15) is 37.7 Å². The van der Waals surface area contributed by atoms with Gasteiger partial charge >= 0.3 is 6.61 Å². The summed E-state index contributed by atoms with van der Waals surface area (Å²) in [7, 11) is 0. The first kappa shape index (κ1) is 23.3. The number of piperazine rings is 1. The van der Waals surface area contributed by atoms with Gasteiger partial charge in [0.2, 0.25) is 5.91 Å². The Kier molecular flexibility index (Phi) is 7.33. The van der Waals surface area contributed by atoms with Crippen LogP contribution < -0.4 is 25.4 Å². The van der Waals surface area contributed by atoms with E-state index in [0.29, 0.717) is 31.8 Å². The summed E-state index contributed by atoms with van der Waals surface area (Å²) in [6.45, 7) is -1.01. The molecule has 2 aromatic carbocycles. The van der Waals surface area contributed by atoms with Crippen molar-refractivity contribution in [3.05, 3.63) is 54.1 Å². The number of nitrogens with one attached hydrogen (secondary N) is 1. The number of hydrogen-bond donors (Lipinski definition) is 2. The second kappa shape index (κ2) is 10.4. The summed E-state index contributed by atoms with van der Waals surface area (Å²) in [4.78, 5) is 14.1. The first-order valence-electron chi connectivity index (χ1n) is 11.5. The van der Waals surface area contributed by atoms with Crippen LogP contribution in [-0.2, 0) is 11.2 Å². The first-order chi connectivity index (χ1) is 15.9. The predicted molar refractivity (Wildman–Crippen MR) is 123 cm³/mol. The molecule has 3 N–H and O–H groups in total. The van der Waals surface area contributed by atoms with Gasteiger partial charge in [-0.1, -0.05) is 30.3 Å². The molecule has 178 valence electrons. The minimum Gasteiger partial charge on any atom is -0.486 e. The molecular weight excluding hydrogens is 428 g/mol. The van der Waals surface area contributed by atoms with Gasteiger partial charge in [-0.2, -0.15) is 8.78 Å². The topological polar surface area (TPSA) is 76.8 Å². The highest BCUT2D eigenvalue weighted by Gasteiger charge is 2.37. The quantitative estimate of drug-likeness (QED) is 0.595. The SMILES string of the molecule is NC(=O)CC1(Cc2ccccc2)CN(c2ccc(OC(F)F)c(OC3CCCC3)c2)CCN1. The van der Waals surface area contributed by atoms with Crippen LogP contribution in [0.3, 0.4) is 0 Å². The third-order valence-corrected chi connectivity index (χ3v) is 6.38. The molecule has 0 aromatic heterocycles. The summed E-state index contributed by atoms with van der Waals surface area (Å²) in [5, 5.41) is 3.53. The van der Waals surface area contributed by atoms with Gasteiger partial charge in [-0.3, -0.25) is 4.79 Å². The van der Waals surface area contributed by atoms with E-state index in [0.717, 1.165) is 36.9 Å². The molecule has 1 aliphatic carbocycles. The van der Waals surface area contributed by atoms with Crippen molar-refractivity contribution in [1.82, 2.24) is 5.32 Å². The molecule has 1 heterocycles. The summed E-state index contributed by atoms with van der Waals surface area (Å²) in [5.74, 6) is 0.0106. The number of anilines is 1. The number of halogens is 2. The molecule has 1 saturated carbocycles. The van der Waals surface area contributed by atoms with E-state index in [9.17, 15) is 13.6 Å². The van der Waals surface area contributed by atoms with E-state index in [-0.39, 0.29) is 24.2 Å². The Morgan fingerprint density at radius 2 is 1.91 bits per heavy atom.